The second-order valence-electron chi connectivity index (χ2n) is 5.96. The summed E-state index contributed by atoms with van der Waals surface area (Å²) in [5, 5.41) is 0.795. The minimum absolute atomic E-state index is 0.233. The summed E-state index contributed by atoms with van der Waals surface area (Å²) in [7, 11) is 0. The maximum atomic E-state index is 6.45. The van der Waals surface area contributed by atoms with Crippen LogP contribution in [-0.4, -0.2) is 5.60 Å². The van der Waals surface area contributed by atoms with Crippen LogP contribution in [0, 0.1) is 13.8 Å². The molecule has 94 valence electrons. The maximum Gasteiger partial charge on any atom is 0.125 e. The van der Waals surface area contributed by atoms with Crippen molar-refractivity contribution in [3.05, 3.63) is 27.8 Å². The molecule has 1 atom stereocenters. The van der Waals surface area contributed by atoms with Crippen LogP contribution in [0.25, 0.3) is 0 Å². The van der Waals surface area contributed by atoms with Gasteiger partial charge in [-0.15, -0.1) is 0 Å². The highest BCUT2D eigenvalue weighted by atomic mass is 35.5. The Bertz CT molecular complexity index is 478. The van der Waals surface area contributed by atoms with Crippen molar-refractivity contribution in [2.45, 2.75) is 52.2 Å². The number of halogens is 1. The quantitative estimate of drug-likeness (QED) is 0.765. The normalized spacial score (nSPS) is 26.3. The summed E-state index contributed by atoms with van der Waals surface area (Å²) in [6.45, 7) is 10.2. The topological polar surface area (TPSA) is 35.2 Å². The Morgan fingerprint density at radius 3 is 2.47 bits per heavy atom. The number of benzene rings is 1. The van der Waals surface area contributed by atoms with E-state index in [9.17, 15) is 0 Å². The molecule has 3 heteroatoms. The molecule has 0 aliphatic carbocycles. The molecule has 1 unspecified atom stereocenters. The van der Waals surface area contributed by atoms with Crippen LogP contribution in [0.5, 0.6) is 5.75 Å². The number of ether oxygens (including phenoxy) is 1. The van der Waals surface area contributed by atoms with Crippen molar-refractivity contribution in [2.75, 3.05) is 0 Å². The highest BCUT2D eigenvalue weighted by Gasteiger charge is 2.41. The van der Waals surface area contributed by atoms with Gasteiger partial charge in [0.1, 0.15) is 11.4 Å². The van der Waals surface area contributed by atoms with Crippen LogP contribution in [0.3, 0.4) is 0 Å². The van der Waals surface area contributed by atoms with Crippen molar-refractivity contribution in [3.63, 3.8) is 0 Å². The predicted molar refractivity (Wildman–Crippen MR) is 71.8 cm³/mol. The zero-order valence-corrected chi connectivity index (χ0v) is 11.9. The molecule has 1 aliphatic heterocycles. The van der Waals surface area contributed by atoms with Gasteiger partial charge < -0.3 is 10.5 Å². The first-order valence-electron chi connectivity index (χ1n) is 5.92. The van der Waals surface area contributed by atoms with E-state index in [0.29, 0.717) is 0 Å². The average molecular weight is 254 g/mol. The minimum atomic E-state index is -0.390. The van der Waals surface area contributed by atoms with Gasteiger partial charge in [-0.3, -0.25) is 0 Å². The molecule has 0 aromatic heterocycles. The molecule has 1 aromatic rings. The van der Waals surface area contributed by atoms with Gasteiger partial charge >= 0.3 is 0 Å². The van der Waals surface area contributed by atoms with Gasteiger partial charge in [-0.05, 0) is 51.8 Å². The van der Waals surface area contributed by atoms with E-state index in [1.54, 1.807) is 0 Å². The van der Waals surface area contributed by atoms with E-state index in [1.165, 1.54) is 0 Å². The van der Waals surface area contributed by atoms with Gasteiger partial charge in [0.25, 0.3) is 0 Å². The lowest BCUT2D eigenvalue weighted by molar-refractivity contribution is 0.0499. The monoisotopic (exact) mass is 253 g/mol. The van der Waals surface area contributed by atoms with Crippen LogP contribution in [-0.2, 0) is 5.54 Å². The molecule has 0 saturated heterocycles. The number of hydrogen-bond acceptors (Lipinski definition) is 2. The molecule has 1 aromatic carbocycles. The summed E-state index contributed by atoms with van der Waals surface area (Å²) in [5.41, 5.74) is 8.95. The zero-order chi connectivity index (χ0) is 13.0. The fourth-order valence-corrected chi connectivity index (χ4v) is 3.17. The molecule has 2 N–H and O–H groups in total. The average Bonchev–Trinajstić information content (AvgIpc) is 2.09. The van der Waals surface area contributed by atoms with Gasteiger partial charge in [0.2, 0.25) is 0 Å². The summed E-state index contributed by atoms with van der Waals surface area (Å²) >= 11 is 6.30. The van der Waals surface area contributed by atoms with Crippen LogP contribution in [0.2, 0.25) is 5.02 Å². The first-order valence-corrected chi connectivity index (χ1v) is 6.30. The van der Waals surface area contributed by atoms with Gasteiger partial charge in [0, 0.05) is 22.5 Å². The van der Waals surface area contributed by atoms with Crippen molar-refractivity contribution >= 4 is 11.6 Å². The third-order valence-electron chi connectivity index (χ3n) is 3.39. The third kappa shape index (κ3) is 2.04. The third-order valence-corrected chi connectivity index (χ3v) is 3.98. The Kier molecular flexibility index (Phi) is 2.72. The number of rotatable bonds is 0. The highest BCUT2D eigenvalue weighted by Crippen LogP contribution is 2.46. The van der Waals surface area contributed by atoms with E-state index in [2.05, 4.69) is 20.8 Å². The lowest BCUT2D eigenvalue weighted by Gasteiger charge is -2.43. The summed E-state index contributed by atoms with van der Waals surface area (Å²) in [6, 6.07) is 2.00. The molecule has 2 nitrogen and oxygen atoms in total. The lowest BCUT2D eigenvalue weighted by atomic mass is 9.77. The van der Waals surface area contributed by atoms with Crippen molar-refractivity contribution in [2.24, 2.45) is 5.73 Å². The first kappa shape index (κ1) is 12.7. The summed E-state index contributed by atoms with van der Waals surface area (Å²) in [5.74, 6) is 0.880. The molecule has 17 heavy (non-hydrogen) atoms. The number of nitrogens with two attached hydrogens (primary N) is 1. The van der Waals surface area contributed by atoms with E-state index in [-0.39, 0.29) is 5.60 Å². The Hall–Kier alpha value is -0.730. The van der Waals surface area contributed by atoms with Gasteiger partial charge in [-0.25, -0.2) is 0 Å². The van der Waals surface area contributed by atoms with E-state index < -0.39 is 5.54 Å². The van der Waals surface area contributed by atoms with E-state index in [0.717, 1.165) is 33.9 Å². The molecule has 0 spiro atoms. The largest absolute Gasteiger partial charge is 0.487 e. The van der Waals surface area contributed by atoms with Crippen LogP contribution < -0.4 is 10.5 Å². The van der Waals surface area contributed by atoms with Gasteiger partial charge in [-0.1, -0.05) is 11.6 Å². The lowest BCUT2D eigenvalue weighted by Crippen LogP contribution is -2.48. The molecule has 0 fully saturated rings. The van der Waals surface area contributed by atoms with Crippen molar-refractivity contribution in [1.82, 2.24) is 0 Å². The second kappa shape index (κ2) is 3.63. The summed E-state index contributed by atoms with van der Waals surface area (Å²) in [4.78, 5) is 0. The predicted octanol–water partition coefficient (Wildman–Crippen LogP) is 3.69. The molecule has 0 amide bonds. The number of fused-ring (bicyclic) bond motifs is 1. The second-order valence-corrected chi connectivity index (χ2v) is 6.34. The van der Waals surface area contributed by atoms with Crippen molar-refractivity contribution in [1.29, 1.82) is 0 Å². The van der Waals surface area contributed by atoms with E-state index in [4.69, 9.17) is 22.1 Å². The minimum Gasteiger partial charge on any atom is -0.487 e. The Morgan fingerprint density at radius 2 is 1.88 bits per heavy atom. The Balaban J connectivity index is 2.71. The molecule has 0 saturated carbocycles. The molecule has 1 heterocycles. The molecule has 0 bridgehead atoms. The fourth-order valence-electron chi connectivity index (χ4n) is 3.02. The molecular formula is C14H20ClNO. The van der Waals surface area contributed by atoms with Gasteiger partial charge in [0.15, 0.2) is 0 Å². The number of hydrogen-bond donors (Lipinski definition) is 1. The maximum absolute atomic E-state index is 6.45. The Morgan fingerprint density at radius 1 is 1.29 bits per heavy atom. The van der Waals surface area contributed by atoms with E-state index >= 15 is 0 Å². The summed E-state index contributed by atoms with van der Waals surface area (Å²) in [6.07, 6.45) is 0.785. The highest BCUT2D eigenvalue weighted by molar-refractivity contribution is 6.32. The Labute approximate surface area is 108 Å². The molecule has 0 radical (unpaired) electrons. The summed E-state index contributed by atoms with van der Waals surface area (Å²) < 4.78 is 6.03. The van der Waals surface area contributed by atoms with Crippen LogP contribution in [0.15, 0.2) is 6.07 Å². The van der Waals surface area contributed by atoms with Crippen molar-refractivity contribution in [3.8, 4) is 5.75 Å². The first-order chi connectivity index (χ1) is 7.64. The molecule has 2 rings (SSSR count). The SMILES string of the molecule is Cc1cc2c(c(C)c1Cl)C(C)(N)CC(C)(C)O2. The molecular weight excluding hydrogens is 234 g/mol. The van der Waals surface area contributed by atoms with Crippen LogP contribution in [0.1, 0.15) is 43.9 Å². The smallest absolute Gasteiger partial charge is 0.125 e. The fraction of sp³-hybridized carbons (Fsp3) is 0.571. The zero-order valence-electron chi connectivity index (χ0n) is 11.1. The van der Waals surface area contributed by atoms with Crippen molar-refractivity contribution < 1.29 is 4.74 Å². The van der Waals surface area contributed by atoms with Gasteiger partial charge in [0.05, 0.1) is 0 Å². The van der Waals surface area contributed by atoms with Crippen LogP contribution in [0.4, 0.5) is 0 Å². The standard InChI is InChI=1S/C14H20ClNO/c1-8-6-10-11(9(2)12(8)15)14(5,16)7-13(3,4)17-10/h6H,7,16H2,1-5H3. The van der Waals surface area contributed by atoms with Gasteiger partial charge in [-0.2, -0.15) is 0 Å². The van der Waals surface area contributed by atoms with Crippen LogP contribution >= 0.6 is 11.6 Å². The van der Waals surface area contributed by atoms with E-state index in [1.807, 2.05) is 19.9 Å². The molecule has 1 aliphatic rings. The number of aryl methyl sites for hydroxylation is 1.